The van der Waals surface area contributed by atoms with Crippen LogP contribution in [0.2, 0.25) is 0 Å². The zero-order valence-corrected chi connectivity index (χ0v) is 23.9. The van der Waals surface area contributed by atoms with Crippen LogP contribution < -0.4 is 20.1 Å². The van der Waals surface area contributed by atoms with Crippen LogP contribution in [0.15, 0.2) is 41.1 Å². The number of hydrogen-bond donors (Lipinski definition) is 2. The smallest absolute Gasteiger partial charge is 0.301 e. The number of amides is 2. The van der Waals surface area contributed by atoms with Crippen molar-refractivity contribution in [3.63, 3.8) is 0 Å². The number of carbonyl (C=O) groups is 2. The fourth-order valence-corrected chi connectivity index (χ4v) is 5.91. The highest BCUT2D eigenvalue weighted by Gasteiger charge is 2.28. The lowest BCUT2D eigenvalue weighted by Gasteiger charge is -2.28. The Hall–Kier alpha value is -3.86. The first-order valence-electron chi connectivity index (χ1n) is 14.6. The van der Waals surface area contributed by atoms with Crippen LogP contribution in [0.1, 0.15) is 74.3 Å². The minimum Gasteiger partial charge on any atom is -0.496 e. The van der Waals surface area contributed by atoms with E-state index in [4.69, 9.17) is 19.0 Å². The predicted octanol–water partition coefficient (Wildman–Crippen LogP) is 4.67. The first-order valence-corrected chi connectivity index (χ1v) is 14.6. The Morgan fingerprint density at radius 3 is 2.46 bits per heavy atom. The van der Waals surface area contributed by atoms with Gasteiger partial charge in [0.1, 0.15) is 17.8 Å². The summed E-state index contributed by atoms with van der Waals surface area (Å²) >= 11 is 0. The normalized spacial score (nSPS) is 16.8. The van der Waals surface area contributed by atoms with Gasteiger partial charge in [0.15, 0.2) is 5.69 Å². The number of nitrogens with zero attached hydrogens (tertiary/aromatic N) is 4. The molecular weight excluding hydrogens is 524 g/mol. The van der Waals surface area contributed by atoms with Crippen molar-refractivity contribution in [2.45, 2.75) is 69.9 Å². The molecule has 2 N–H and O–H groups in total. The number of aromatic nitrogens is 3. The molecule has 1 saturated heterocycles. The summed E-state index contributed by atoms with van der Waals surface area (Å²) in [5, 5.41) is 10.6. The van der Waals surface area contributed by atoms with Gasteiger partial charge in [0.25, 0.3) is 5.91 Å². The molecule has 2 aromatic heterocycles. The van der Waals surface area contributed by atoms with Crippen molar-refractivity contribution < 1.29 is 23.5 Å². The second kappa shape index (κ2) is 13.7. The average molecular weight is 565 g/mol. The largest absolute Gasteiger partial charge is 0.496 e. The fourth-order valence-electron chi connectivity index (χ4n) is 5.91. The molecule has 0 spiro atoms. The zero-order chi connectivity index (χ0) is 28.6. The summed E-state index contributed by atoms with van der Waals surface area (Å²) < 4.78 is 18.5. The predicted molar refractivity (Wildman–Crippen MR) is 154 cm³/mol. The van der Waals surface area contributed by atoms with Gasteiger partial charge in [-0.1, -0.05) is 25.3 Å². The molecule has 1 aromatic carbocycles. The zero-order valence-electron chi connectivity index (χ0n) is 23.9. The Bertz CT molecular complexity index is 1270. The lowest BCUT2D eigenvalue weighted by molar-refractivity contribution is -0.116. The molecule has 1 atom stereocenters. The molecule has 2 amide bonds. The van der Waals surface area contributed by atoms with Crippen LogP contribution in [0.5, 0.6) is 11.5 Å². The Kier molecular flexibility index (Phi) is 9.55. The Morgan fingerprint density at radius 1 is 1.07 bits per heavy atom. The molecule has 0 unspecified atom stereocenters. The standard InChI is InChI=1S/C30H40N6O5/c1-39-25-11-8-12-26(40-2)28(25)24-20-23(34-36(24)22-9-4-5-10-22)29(38)32-21(13-17-35-15-6-3-7-16-35)19-27(37)33-30-31-14-18-41-30/h8,11-12,14,18,20-22H,3-7,9-10,13,15-17,19H2,1-2H3,(H,32,38)(H,31,33,37)/t21-/m0/s1. The van der Waals surface area contributed by atoms with Gasteiger partial charge in [-0.25, -0.2) is 4.98 Å². The summed E-state index contributed by atoms with van der Waals surface area (Å²) in [5.74, 6) is 0.716. The summed E-state index contributed by atoms with van der Waals surface area (Å²) in [5.41, 5.74) is 1.85. The van der Waals surface area contributed by atoms with E-state index in [1.807, 2.05) is 28.9 Å². The molecule has 11 nitrogen and oxygen atoms in total. The number of carbonyl (C=O) groups excluding carboxylic acids is 2. The molecule has 220 valence electrons. The Morgan fingerprint density at radius 2 is 1.80 bits per heavy atom. The summed E-state index contributed by atoms with van der Waals surface area (Å²) in [6.45, 7) is 2.88. The highest BCUT2D eigenvalue weighted by atomic mass is 16.5. The third-order valence-electron chi connectivity index (χ3n) is 8.01. The second-order valence-electron chi connectivity index (χ2n) is 10.8. The number of hydrogen-bond acceptors (Lipinski definition) is 8. The van der Waals surface area contributed by atoms with Crippen LogP contribution in [0.4, 0.5) is 6.01 Å². The first kappa shape index (κ1) is 28.7. The topological polar surface area (TPSA) is 124 Å². The SMILES string of the molecule is COc1cccc(OC)c1-c1cc(C(=O)N[C@@H](CCN2CCCCC2)CC(=O)Nc2ncco2)nn1C1CCCC1. The van der Waals surface area contributed by atoms with Crippen LogP contribution in [0, 0.1) is 0 Å². The first-order chi connectivity index (χ1) is 20.1. The van der Waals surface area contributed by atoms with E-state index in [1.165, 1.54) is 31.7 Å². The van der Waals surface area contributed by atoms with E-state index in [2.05, 4.69) is 20.5 Å². The summed E-state index contributed by atoms with van der Waals surface area (Å²) in [6, 6.07) is 7.38. The maximum Gasteiger partial charge on any atom is 0.301 e. The van der Waals surface area contributed by atoms with Crippen molar-refractivity contribution in [1.29, 1.82) is 0 Å². The molecule has 1 aliphatic carbocycles. The van der Waals surface area contributed by atoms with Crippen molar-refractivity contribution in [3.8, 4) is 22.8 Å². The summed E-state index contributed by atoms with van der Waals surface area (Å²) in [6.07, 6.45) is 11.4. The molecule has 2 aliphatic rings. The molecule has 11 heteroatoms. The fraction of sp³-hybridized carbons (Fsp3) is 0.533. The second-order valence-corrected chi connectivity index (χ2v) is 10.8. The van der Waals surface area contributed by atoms with Crippen LogP contribution >= 0.6 is 0 Å². The maximum atomic E-state index is 13.7. The molecule has 5 rings (SSSR count). The monoisotopic (exact) mass is 564 g/mol. The Labute approximate surface area is 240 Å². The number of piperidine rings is 1. The number of methoxy groups -OCH3 is 2. The third kappa shape index (κ3) is 7.08. The molecule has 3 aromatic rings. The van der Waals surface area contributed by atoms with Crippen molar-refractivity contribution in [3.05, 3.63) is 42.4 Å². The lowest BCUT2D eigenvalue weighted by atomic mass is 10.1. The van der Waals surface area contributed by atoms with E-state index in [1.54, 1.807) is 14.2 Å². The van der Waals surface area contributed by atoms with E-state index in [0.29, 0.717) is 23.6 Å². The van der Waals surface area contributed by atoms with Gasteiger partial charge in [0.05, 0.1) is 37.7 Å². The van der Waals surface area contributed by atoms with Gasteiger partial charge in [-0.2, -0.15) is 5.10 Å². The lowest BCUT2D eigenvalue weighted by Crippen LogP contribution is -2.41. The number of benzene rings is 1. The van der Waals surface area contributed by atoms with Crippen LogP contribution in [0.25, 0.3) is 11.3 Å². The number of likely N-dealkylation sites (tertiary alicyclic amines) is 1. The number of rotatable bonds is 12. The molecule has 1 aliphatic heterocycles. The number of anilines is 1. The van der Waals surface area contributed by atoms with Crippen molar-refractivity contribution in [2.24, 2.45) is 0 Å². The third-order valence-corrected chi connectivity index (χ3v) is 8.01. The van der Waals surface area contributed by atoms with Gasteiger partial charge >= 0.3 is 6.01 Å². The molecule has 0 bridgehead atoms. The van der Waals surface area contributed by atoms with Gasteiger partial charge in [-0.05, 0) is 63.4 Å². The van der Waals surface area contributed by atoms with Crippen molar-refractivity contribution in [2.75, 3.05) is 39.2 Å². The molecule has 41 heavy (non-hydrogen) atoms. The van der Waals surface area contributed by atoms with E-state index in [9.17, 15) is 9.59 Å². The van der Waals surface area contributed by atoms with Gasteiger partial charge in [-0.3, -0.25) is 19.6 Å². The van der Waals surface area contributed by atoms with Crippen molar-refractivity contribution in [1.82, 2.24) is 25.0 Å². The molecule has 1 saturated carbocycles. The highest BCUT2D eigenvalue weighted by molar-refractivity contribution is 5.95. The molecule has 0 radical (unpaired) electrons. The molecule has 2 fully saturated rings. The Balaban J connectivity index is 1.39. The quantitative estimate of drug-likeness (QED) is 0.325. The number of nitrogens with one attached hydrogen (secondary N) is 2. The van der Waals surface area contributed by atoms with Crippen LogP contribution in [-0.4, -0.2) is 71.4 Å². The van der Waals surface area contributed by atoms with Crippen LogP contribution in [-0.2, 0) is 4.79 Å². The van der Waals surface area contributed by atoms with Gasteiger partial charge in [0.2, 0.25) is 5.91 Å². The minimum atomic E-state index is -0.389. The van der Waals surface area contributed by atoms with Crippen molar-refractivity contribution >= 4 is 17.8 Å². The minimum absolute atomic E-state index is 0.0957. The van der Waals surface area contributed by atoms with E-state index in [0.717, 1.165) is 56.6 Å². The highest BCUT2D eigenvalue weighted by Crippen LogP contribution is 2.41. The van der Waals surface area contributed by atoms with E-state index in [-0.39, 0.29) is 36.3 Å². The average Bonchev–Trinajstić information content (AvgIpc) is 3.78. The summed E-state index contributed by atoms with van der Waals surface area (Å²) in [4.78, 5) is 32.9. The molecular formula is C30H40N6O5. The van der Waals surface area contributed by atoms with Gasteiger partial charge in [0, 0.05) is 19.0 Å². The van der Waals surface area contributed by atoms with Gasteiger partial charge in [-0.15, -0.1) is 0 Å². The van der Waals surface area contributed by atoms with E-state index < -0.39 is 0 Å². The molecule has 3 heterocycles. The van der Waals surface area contributed by atoms with Crippen LogP contribution in [0.3, 0.4) is 0 Å². The number of ether oxygens (including phenoxy) is 2. The summed E-state index contributed by atoms with van der Waals surface area (Å²) in [7, 11) is 3.25. The maximum absolute atomic E-state index is 13.7. The van der Waals surface area contributed by atoms with Gasteiger partial charge < -0.3 is 24.1 Å². The van der Waals surface area contributed by atoms with E-state index >= 15 is 0 Å². The number of oxazole rings is 1.